The zero-order valence-electron chi connectivity index (χ0n) is 7.85. The Labute approximate surface area is 70.6 Å². The first-order valence-electron chi connectivity index (χ1n) is 4.31. The lowest BCUT2D eigenvalue weighted by Crippen LogP contribution is -2.26. The Kier molecular flexibility index (Phi) is 5.97. The van der Waals surface area contributed by atoms with Crippen molar-refractivity contribution in [3.8, 4) is 12.3 Å². The van der Waals surface area contributed by atoms with Gasteiger partial charge in [0.2, 0.25) is 0 Å². The first kappa shape index (κ1) is 10.5. The fourth-order valence-corrected chi connectivity index (χ4v) is 1.21. The lowest BCUT2D eigenvalue weighted by Gasteiger charge is -2.16. The smallest absolute Gasteiger partial charge is 0.0101 e. The predicted octanol–water partition coefficient (Wildman–Crippen LogP) is 2.03. The molecule has 1 atom stereocenters. The summed E-state index contributed by atoms with van der Waals surface area (Å²) < 4.78 is 0. The van der Waals surface area contributed by atoms with Crippen LogP contribution >= 0.6 is 0 Å². The van der Waals surface area contributed by atoms with Crippen LogP contribution < -0.4 is 5.32 Å². The fraction of sp³-hybridized carbons (Fsp3) is 0.800. The van der Waals surface area contributed by atoms with Gasteiger partial charge in [-0.15, -0.1) is 12.3 Å². The minimum Gasteiger partial charge on any atom is -0.317 e. The minimum absolute atomic E-state index is 0.603. The molecule has 0 aliphatic rings. The molecule has 0 aromatic carbocycles. The molecule has 11 heavy (non-hydrogen) atoms. The van der Waals surface area contributed by atoms with E-state index in [9.17, 15) is 0 Å². The number of terminal acetylenes is 1. The first-order chi connectivity index (χ1) is 5.20. The lowest BCUT2D eigenvalue weighted by molar-refractivity contribution is 0.425. The van der Waals surface area contributed by atoms with E-state index >= 15 is 0 Å². The van der Waals surface area contributed by atoms with Gasteiger partial charge in [0.15, 0.2) is 0 Å². The van der Waals surface area contributed by atoms with E-state index in [2.05, 4.69) is 25.1 Å². The average molecular weight is 153 g/mol. The normalized spacial score (nSPS) is 13.0. The zero-order valence-corrected chi connectivity index (χ0v) is 7.85. The second-order valence-corrected chi connectivity index (χ2v) is 3.36. The highest BCUT2D eigenvalue weighted by molar-refractivity contribution is 4.85. The monoisotopic (exact) mass is 153 g/mol. The maximum atomic E-state index is 5.18. The Hall–Kier alpha value is -0.480. The summed E-state index contributed by atoms with van der Waals surface area (Å²) in [6.45, 7) is 4.47. The summed E-state index contributed by atoms with van der Waals surface area (Å²) >= 11 is 0. The van der Waals surface area contributed by atoms with Gasteiger partial charge in [0.1, 0.15) is 0 Å². The predicted molar refractivity (Wildman–Crippen MR) is 50.4 cm³/mol. The molecule has 0 rings (SSSR count). The summed E-state index contributed by atoms with van der Waals surface area (Å²) in [5.41, 5.74) is 0. The first-order valence-corrected chi connectivity index (χ1v) is 4.31. The van der Waals surface area contributed by atoms with Crippen LogP contribution in [0.15, 0.2) is 0 Å². The molecule has 0 aromatic heterocycles. The van der Waals surface area contributed by atoms with Crippen LogP contribution in [0.3, 0.4) is 0 Å². The summed E-state index contributed by atoms with van der Waals surface area (Å²) in [6, 6.07) is 0.603. The summed E-state index contributed by atoms with van der Waals surface area (Å²) in [4.78, 5) is 0. The van der Waals surface area contributed by atoms with Gasteiger partial charge in [-0.1, -0.05) is 13.8 Å². The number of nitrogens with one attached hydrogen (secondary N) is 1. The molecule has 1 heteroatoms. The molecule has 0 aliphatic heterocycles. The molecule has 0 fully saturated rings. The van der Waals surface area contributed by atoms with Gasteiger partial charge in [0.25, 0.3) is 0 Å². The third kappa shape index (κ3) is 5.94. The van der Waals surface area contributed by atoms with Crippen molar-refractivity contribution < 1.29 is 0 Å². The number of hydrogen-bond acceptors (Lipinski definition) is 1. The van der Waals surface area contributed by atoms with E-state index in [0.29, 0.717) is 6.04 Å². The van der Waals surface area contributed by atoms with Gasteiger partial charge < -0.3 is 5.32 Å². The van der Waals surface area contributed by atoms with Gasteiger partial charge >= 0.3 is 0 Å². The van der Waals surface area contributed by atoms with E-state index in [4.69, 9.17) is 6.42 Å². The minimum atomic E-state index is 0.603. The van der Waals surface area contributed by atoms with E-state index in [1.54, 1.807) is 0 Å². The molecule has 1 N–H and O–H groups in total. The molecule has 0 aliphatic carbocycles. The molecule has 1 unspecified atom stereocenters. The van der Waals surface area contributed by atoms with Crippen LogP contribution in [0.2, 0.25) is 0 Å². The Morgan fingerprint density at radius 3 is 2.45 bits per heavy atom. The molecule has 0 amide bonds. The van der Waals surface area contributed by atoms with Gasteiger partial charge in [0, 0.05) is 12.5 Å². The van der Waals surface area contributed by atoms with Crippen LogP contribution in [0.1, 0.15) is 33.1 Å². The van der Waals surface area contributed by atoms with Gasteiger partial charge in [-0.05, 0) is 25.8 Å². The average Bonchev–Trinajstić information content (AvgIpc) is 1.97. The van der Waals surface area contributed by atoms with Gasteiger partial charge in [-0.3, -0.25) is 0 Å². The van der Waals surface area contributed by atoms with E-state index in [0.717, 1.165) is 18.8 Å². The third-order valence-electron chi connectivity index (χ3n) is 1.80. The molecule has 0 spiro atoms. The van der Waals surface area contributed by atoms with E-state index in [1.165, 1.54) is 6.42 Å². The molecule has 0 radical (unpaired) electrons. The van der Waals surface area contributed by atoms with Crippen LogP contribution in [-0.4, -0.2) is 13.1 Å². The van der Waals surface area contributed by atoms with Gasteiger partial charge in [-0.25, -0.2) is 0 Å². The van der Waals surface area contributed by atoms with Crippen molar-refractivity contribution in [3.05, 3.63) is 0 Å². The van der Waals surface area contributed by atoms with Crippen molar-refractivity contribution in [1.82, 2.24) is 5.32 Å². The second kappa shape index (κ2) is 6.24. The van der Waals surface area contributed by atoms with Crippen molar-refractivity contribution in [1.29, 1.82) is 0 Å². The van der Waals surface area contributed by atoms with Crippen LogP contribution in [-0.2, 0) is 0 Å². The van der Waals surface area contributed by atoms with Crippen molar-refractivity contribution in [2.75, 3.05) is 7.05 Å². The van der Waals surface area contributed by atoms with Gasteiger partial charge in [0.05, 0.1) is 0 Å². The van der Waals surface area contributed by atoms with Crippen LogP contribution in [0, 0.1) is 18.3 Å². The largest absolute Gasteiger partial charge is 0.317 e. The topological polar surface area (TPSA) is 12.0 Å². The second-order valence-electron chi connectivity index (χ2n) is 3.36. The summed E-state index contributed by atoms with van der Waals surface area (Å²) in [7, 11) is 2.00. The van der Waals surface area contributed by atoms with E-state index < -0.39 is 0 Å². The third-order valence-corrected chi connectivity index (χ3v) is 1.80. The van der Waals surface area contributed by atoms with E-state index in [-0.39, 0.29) is 0 Å². The Morgan fingerprint density at radius 2 is 2.09 bits per heavy atom. The Morgan fingerprint density at radius 1 is 1.45 bits per heavy atom. The number of hydrogen-bond donors (Lipinski definition) is 1. The Balaban J connectivity index is 3.51. The highest BCUT2D eigenvalue weighted by atomic mass is 14.9. The lowest BCUT2D eigenvalue weighted by atomic mass is 10.0. The summed E-state index contributed by atoms with van der Waals surface area (Å²) in [6.07, 6.45) is 8.39. The molecular weight excluding hydrogens is 134 g/mol. The highest BCUT2D eigenvalue weighted by Crippen LogP contribution is 2.08. The molecule has 0 heterocycles. The van der Waals surface area contributed by atoms with Crippen LogP contribution in [0.4, 0.5) is 0 Å². The van der Waals surface area contributed by atoms with Crippen LogP contribution in [0.5, 0.6) is 0 Å². The van der Waals surface area contributed by atoms with Crippen molar-refractivity contribution in [3.63, 3.8) is 0 Å². The van der Waals surface area contributed by atoms with E-state index in [1.807, 2.05) is 7.05 Å². The summed E-state index contributed by atoms with van der Waals surface area (Å²) in [5, 5.41) is 3.27. The van der Waals surface area contributed by atoms with Gasteiger partial charge in [-0.2, -0.15) is 0 Å². The Bertz CT molecular complexity index is 121. The maximum absolute atomic E-state index is 5.18. The SMILES string of the molecule is C#CCCC(CC(C)C)NC. The quantitative estimate of drug-likeness (QED) is 0.596. The van der Waals surface area contributed by atoms with Crippen molar-refractivity contribution >= 4 is 0 Å². The van der Waals surface area contributed by atoms with Crippen molar-refractivity contribution in [2.45, 2.75) is 39.2 Å². The van der Waals surface area contributed by atoms with Crippen molar-refractivity contribution in [2.24, 2.45) is 5.92 Å². The molecule has 0 bridgehead atoms. The zero-order chi connectivity index (χ0) is 8.69. The molecule has 0 saturated heterocycles. The molecule has 1 nitrogen and oxygen atoms in total. The summed E-state index contributed by atoms with van der Waals surface area (Å²) in [5.74, 6) is 3.42. The number of rotatable bonds is 5. The fourth-order valence-electron chi connectivity index (χ4n) is 1.21. The molecule has 0 saturated carbocycles. The van der Waals surface area contributed by atoms with Crippen LogP contribution in [0.25, 0.3) is 0 Å². The maximum Gasteiger partial charge on any atom is 0.0101 e. The standard InChI is InChI=1S/C10H19N/c1-5-6-7-10(11-4)8-9(2)3/h1,9-11H,6-8H2,2-4H3. The molecular formula is C10H19N. The highest BCUT2D eigenvalue weighted by Gasteiger charge is 2.06. The molecule has 64 valence electrons. The molecule has 0 aromatic rings.